The molecule has 18 heavy (non-hydrogen) atoms. The number of nitrogens with zero attached hydrogens (tertiary/aromatic N) is 3. The summed E-state index contributed by atoms with van der Waals surface area (Å²) in [4.78, 5) is 4.25. The lowest BCUT2D eigenvalue weighted by atomic mass is 9.91. The summed E-state index contributed by atoms with van der Waals surface area (Å²) in [5.41, 5.74) is 6.58. The third-order valence-corrected chi connectivity index (χ3v) is 3.53. The Labute approximate surface area is 109 Å². The number of benzene rings is 1. The molecular formula is C12H12ClFN4. The van der Waals surface area contributed by atoms with Gasteiger partial charge in [-0.2, -0.15) is 4.98 Å². The average Bonchev–Trinajstić information content (AvgIpc) is 2.72. The Hall–Kier alpha value is -1.62. The molecule has 0 amide bonds. The second-order valence-corrected chi connectivity index (χ2v) is 4.83. The van der Waals surface area contributed by atoms with Crippen molar-refractivity contribution < 1.29 is 4.39 Å². The van der Waals surface area contributed by atoms with Crippen molar-refractivity contribution in [3.63, 3.8) is 0 Å². The predicted octanol–water partition coefficient (Wildman–Crippen LogP) is 2.58. The van der Waals surface area contributed by atoms with Crippen LogP contribution in [0.3, 0.4) is 0 Å². The molecule has 0 spiro atoms. The van der Waals surface area contributed by atoms with E-state index >= 15 is 0 Å². The SMILES string of the molecule is Nc1nc2n(n1)CCCC2c1ccc(F)c(Cl)c1. The maximum absolute atomic E-state index is 13.2. The highest BCUT2D eigenvalue weighted by molar-refractivity contribution is 6.30. The second kappa shape index (κ2) is 4.24. The molecule has 4 nitrogen and oxygen atoms in total. The highest BCUT2D eigenvalue weighted by Gasteiger charge is 2.25. The van der Waals surface area contributed by atoms with Crippen LogP contribution in [-0.4, -0.2) is 14.8 Å². The monoisotopic (exact) mass is 266 g/mol. The van der Waals surface area contributed by atoms with Crippen molar-refractivity contribution in [3.8, 4) is 0 Å². The molecule has 1 aromatic heterocycles. The molecule has 1 atom stereocenters. The molecule has 1 aliphatic rings. The number of fused-ring (bicyclic) bond motifs is 1. The quantitative estimate of drug-likeness (QED) is 0.863. The van der Waals surface area contributed by atoms with Crippen molar-refractivity contribution in [2.75, 3.05) is 5.73 Å². The van der Waals surface area contributed by atoms with E-state index < -0.39 is 5.82 Å². The Morgan fingerprint density at radius 2 is 2.28 bits per heavy atom. The van der Waals surface area contributed by atoms with Crippen molar-refractivity contribution in [2.24, 2.45) is 0 Å². The molecule has 0 aliphatic carbocycles. The van der Waals surface area contributed by atoms with Crippen LogP contribution in [0.1, 0.15) is 30.1 Å². The topological polar surface area (TPSA) is 56.7 Å². The molecule has 2 aromatic rings. The lowest BCUT2D eigenvalue weighted by Gasteiger charge is -2.22. The van der Waals surface area contributed by atoms with E-state index in [2.05, 4.69) is 10.1 Å². The Morgan fingerprint density at radius 1 is 1.44 bits per heavy atom. The Kier molecular flexibility index (Phi) is 2.70. The molecular weight excluding hydrogens is 255 g/mol. The molecule has 1 aromatic carbocycles. The molecule has 1 unspecified atom stereocenters. The van der Waals surface area contributed by atoms with Crippen LogP contribution in [0.25, 0.3) is 0 Å². The van der Waals surface area contributed by atoms with Gasteiger partial charge in [-0.3, -0.25) is 0 Å². The van der Waals surface area contributed by atoms with Crippen molar-refractivity contribution in [3.05, 3.63) is 40.4 Å². The van der Waals surface area contributed by atoms with E-state index in [1.54, 1.807) is 12.1 Å². The minimum absolute atomic E-state index is 0.0849. The molecule has 6 heteroatoms. The number of aryl methyl sites for hydroxylation is 1. The van der Waals surface area contributed by atoms with Gasteiger partial charge in [0.1, 0.15) is 11.6 Å². The van der Waals surface area contributed by atoms with Gasteiger partial charge < -0.3 is 5.73 Å². The van der Waals surface area contributed by atoms with Gasteiger partial charge in [0.15, 0.2) is 0 Å². The Morgan fingerprint density at radius 3 is 3.06 bits per heavy atom. The molecule has 0 fully saturated rings. The van der Waals surface area contributed by atoms with Crippen LogP contribution in [0.4, 0.5) is 10.3 Å². The summed E-state index contributed by atoms with van der Waals surface area (Å²) in [6.07, 6.45) is 1.94. The molecule has 2 N–H and O–H groups in total. The summed E-state index contributed by atoms with van der Waals surface area (Å²) in [5.74, 6) is 0.797. The van der Waals surface area contributed by atoms with Crippen LogP contribution in [0.15, 0.2) is 18.2 Å². The number of rotatable bonds is 1. The smallest absolute Gasteiger partial charge is 0.239 e. The van der Waals surface area contributed by atoms with Crippen molar-refractivity contribution in [2.45, 2.75) is 25.3 Å². The van der Waals surface area contributed by atoms with Crippen molar-refractivity contribution in [1.82, 2.24) is 14.8 Å². The Bertz CT molecular complexity index is 596. The highest BCUT2D eigenvalue weighted by Crippen LogP contribution is 2.33. The van der Waals surface area contributed by atoms with Crippen LogP contribution in [-0.2, 0) is 6.54 Å². The number of hydrogen-bond donors (Lipinski definition) is 1. The zero-order valence-electron chi connectivity index (χ0n) is 9.61. The number of anilines is 1. The van der Waals surface area contributed by atoms with Crippen LogP contribution < -0.4 is 5.73 Å². The number of nitrogens with two attached hydrogens (primary N) is 1. The lowest BCUT2D eigenvalue weighted by molar-refractivity contribution is 0.446. The van der Waals surface area contributed by atoms with Gasteiger partial charge >= 0.3 is 0 Å². The zero-order chi connectivity index (χ0) is 12.7. The molecule has 1 aliphatic heterocycles. The molecule has 0 saturated carbocycles. The van der Waals surface area contributed by atoms with E-state index in [0.29, 0.717) is 0 Å². The molecule has 3 rings (SSSR count). The first kappa shape index (κ1) is 11.5. The zero-order valence-corrected chi connectivity index (χ0v) is 10.4. The predicted molar refractivity (Wildman–Crippen MR) is 66.9 cm³/mol. The maximum Gasteiger partial charge on any atom is 0.239 e. The summed E-state index contributed by atoms with van der Waals surface area (Å²) in [7, 11) is 0. The first-order chi connectivity index (χ1) is 8.65. The summed E-state index contributed by atoms with van der Waals surface area (Å²) in [6.45, 7) is 0.824. The van der Waals surface area contributed by atoms with E-state index in [1.165, 1.54) is 6.07 Å². The number of halogens is 2. The van der Waals surface area contributed by atoms with Gasteiger partial charge in [0, 0.05) is 12.5 Å². The molecule has 0 saturated heterocycles. The molecule has 0 radical (unpaired) electrons. The number of nitrogen functional groups attached to an aromatic ring is 1. The van der Waals surface area contributed by atoms with Gasteiger partial charge in [-0.05, 0) is 30.5 Å². The maximum atomic E-state index is 13.2. The first-order valence-corrected chi connectivity index (χ1v) is 6.18. The Balaban J connectivity index is 2.05. The summed E-state index contributed by atoms with van der Waals surface area (Å²) >= 11 is 5.82. The fraction of sp³-hybridized carbons (Fsp3) is 0.333. The van der Waals surface area contributed by atoms with E-state index in [0.717, 1.165) is 30.8 Å². The normalized spacial score (nSPS) is 18.7. The van der Waals surface area contributed by atoms with E-state index in [9.17, 15) is 4.39 Å². The average molecular weight is 267 g/mol. The summed E-state index contributed by atoms with van der Waals surface area (Å²) < 4.78 is 15.0. The second-order valence-electron chi connectivity index (χ2n) is 4.42. The molecule has 0 bridgehead atoms. The van der Waals surface area contributed by atoms with E-state index in [1.807, 2.05) is 4.68 Å². The summed E-state index contributed by atoms with van der Waals surface area (Å²) in [6, 6.07) is 4.78. The largest absolute Gasteiger partial charge is 0.366 e. The number of aromatic nitrogens is 3. The van der Waals surface area contributed by atoms with Gasteiger partial charge in [-0.15, -0.1) is 5.10 Å². The van der Waals surface area contributed by atoms with Crippen LogP contribution >= 0.6 is 11.6 Å². The van der Waals surface area contributed by atoms with Gasteiger partial charge in [0.2, 0.25) is 5.95 Å². The summed E-state index contributed by atoms with van der Waals surface area (Å²) in [5, 5.41) is 4.28. The van der Waals surface area contributed by atoms with Gasteiger partial charge in [-0.25, -0.2) is 9.07 Å². The van der Waals surface area contributed by atoms with Crippen LogP contribution in [0.2, 0.25) is 5.02 Å². The third-order valence-electron chi connectivity index (χ3n) is 3.24. The van der Waals surface area contributed by atoms with E-state index in [4.69, 9.17) is 17.3 Å². The fourth-order valence-corrected chi connectivity index (χ4v) is 2.60. The van der Waals surface area contributed by atoms with Crippen LogP contribution in [0.5, 0.6) is 0 Å². The minimum Gasteiger partial charge on any atom is -0.366 e. The minimum atomic E-state index is -0.405. The van der Waals surface area contributed by atoms with Crippen molar-refractivity contribution in [1.29, 1.82) is 0 Å². The van der Waals surface area contributed by atoms with Gasteiger partial charge in [0.05, 0.1) is 5.02 Å². The molecule has 94 valence electrons. The highest BCUT2D eigenvalue weighted by atomic mass is 35.5. The van der Waals surface area contributed by atoms with Gasteiger partial charge in [-0.1, -0.05) is 17.7 Å². The fourth-order valence-electron chi connectivity index (χ4n) is 2.41. The number of hydrogen-bond acceptors (Lipinski definition) is 3. The lowest BCUT2D eigenvalue weighted by Crippen LogP contribution is -2.18. The van der Waals surface area contributed by atoms with Gasteiger partial charge in [0.25, 0.3) is 0 Å². The third kappa shape index (κ3) is 1.84. The van der Waals surface area contributed by atoms with E-state index in [-0.39, 0.29) is 16.9 Å². The molecule has 2 heterocycles. The standard InChI is InChI=1S/C12H12ClFN4/c13-9-6-7(3-4-10(9)14)8-2-1-5-18-11(8)16-12(15)17-18/h3-4,6,8H,1-2,5H2,(H2,15,17). The first-order valence-electron chi connectivity index (χ1n) is 5.80. The van der Waals surface area contributed by atoms with Crippen LogP contribution in [0, 0.1) is 5.82 Å². The van der Waals surface area contributed by atoms with Crippen molar-refractivity contribution >= 4 is 17.5 Å².